The van der Waals surface area contributed by atoms with E-state index < -0.39 is 5.97 Å². The molecule has 3 nitrogen and oxygen atoms in total. The summed E-state index contributed by atoms with van der Waals surface area (Å²) in [5.41, 5.74) is 0. The van der Waals surface area contributed by atoms with Crippen LogP contribution in [0.1, 0.15) is 252 Å². The minimum atomic E-state index is -0.887. The molecular weight excluding hydrogens is 585 g/mol. The predicted octanol–water partition coefficient (Wildman–Crippen LogP) is 10.5. The molecule has 0 aromatic heterocycles. The smallest absolute Gasteiger partial charge is 0.550 e. The number of aliphatic carboxylic acids is 1. The van der Waals surface area contributed by atoms with Crippen LogP contribution in [0.4, 0.5) is 0 Å². The summed E-state index contributed by atoms with van der Waals surface area (Å²) < 4.78 is 0. The molecule has 0 rings (SSSR count). The van der Waals surface area contributed by atoms with Crippen LogP contribution in [0.2, 0.25) is 0 Å². The monoisotopic (exact) mass is 672 g/mol. The number of carboxylic acid groups (broad SMARTS) is 1. The molecule has 0 N–H and O–H groups in total. The number of hydrogen-bond acceptors (Lipinski definition) is 3. The summed E-state index contributed by atoms with van der Waals surface area (Å²) in [7, 11) is 0. The van der Waals surface area contributed by atoms with E-state index in [9.17, 15) is 9.90 Å². The topological polar surface area (TPSA) is 43.4 Å². The van der Waals surface area contributed by atoms with Crippen LogP contribution >= 0.6 is 0 Å². The zero-order valence-electron chi connectivity index (χ0n) is 33.2. The zero-order valence-corrected chi connectivity index (χ0v) is 35.2. The molecule has 0 aromatic carbocycles. The van der Waals surface area contributed by atoms with Gasteiger partial charge in [0.05, 0.1) is 0 Å². The third-order valence-electron chi connectivity index (χ3n) is 10.5. The average molecular weight is 672 g/mol. The van der Waals surface area contributed by atoms with E-state index in [1.807, 2.05) is 0 Å². The molecular formula is C43H86NNaO2. The van der Waals surface area contributed by atoms with Crippen molar-refractivity contribution in [1.82, 2.24) is 4.90 Å². The number of carboxylic acids is 1. The summed E-state index contributed by atoms with van der Waals surface area (Å²) in [5.74, 6) is -0.887. The summed E-state index contributed by atoms with van der Waals surface area (Å²) >= 11 is 0. The van der Waals surface area contributed by atoms with Gasteiger partial charge >= 0.3 is 29.6 Å². The van der Waals surface area contributed by atoms with Gasteiger partial charge in [-0.05, 0) is 32.4 Å². The van der Waals surface area contributed by atoms with E-state index in [2.05, 4.69) is 25.7 Å². The maximum Gasteiger partial charge on any atom is 1.00 e. The minimum Gasteiger partial charge on any atom is -0.550 e. The average Bonchev–Trinajstić information content (AvgIpc) is 3.05. The van der Waals surface area contributed by atoms with E-state index in [4.69, 9.17) is 0 Å². The summed E-state index contributed by atoms with van der Waals surface area (Å²) in [6.45, 7) is 8.85. The van der Waals surface area contributed by atoms with Crippen LogP contribution < -0.4 is 34.7 Å². The molecule has 0 spiro atoms. The van der Waals surface area contributed by atoms with Crippen molar-refractivity contribution < 1.29 is 39.5 Å². The Labute approximate surface area is 319 Å². The van der Waals surface area contributed by atoms with Gasteiger partial charge in [0.15, 0.2) is 0 Å². The van der Waals surface area contributed by atoms with Gasteiger partial charge in [0.1, 0.15) is 0 Å². The molecule has 0 fully saturated rings. The fourth-order valence-electron chi connectivity index (χ4n) is 7.28. The van der Waals surface area contributed by atoms with Crippen molar-refractivity contribution in [2.75, 3.05) is 13.1 Å². The van der Waals surface area contributed by atoms with E-state index in [0.717, 1.165) is 19.5 Å². The van der Waals surface area contributed by atoms with Crippen molar-refractivity contribution >= 4 is 5.97 Å². The first-order valence-corrected chi connectivity index (χ1v) is 21.6. The number of rotatable bonds is 40. The van der Waals surface area contributed by atoms with Crippen LogP contribution in [0.25, 0.3) is 0 Å². The first kappa shape index (κ1) is 49.5. The van der Waals surface area contributed by atoms with Crippen molar-refractivity contribution in [1.29, 1.82) is 0 Å². The molecule has 0 amide bonds. The van der Waals surface area contributed by atoms with Gasteiger partial charge in [-0.15, -0.1) is 0 Å². The molecule has 276 valence electrons. The Morgan fingerprint density at radius 3 is 0.809 bits per heavy atom. The second-order valence-corrected chi connectivity index (χ2v) is 15.0. The molecule has 0 saturated heterocycles. The normalized spacial score (nSPS) is 12.1. The van der Waals surface area contributed by atoms with Crippen molar-refractivity contribution in [2.24, 2.45) is 0 Å². The maximum atomic E-state index is 11.4. The van der Waals surface area contributed by atoms with Crippen LogP contribution in [-0.2, 0) is 4.79 Å². The Balaban J connectivity index is 0. The van der Waals surface area contributed by atoms with Crippen molar-refractivity contribution in [3.05, 3.63) is 0 Å². The molecule has 0 heterocycles. The molecule has 1 atom stereocenters. The maximum absolute atomic E-state index is 11.4. The molecule has 0 aliphatic carbocycles. The van der Waals surface area contributed by atoms with Crippen molar-refractivity contribution in [3.8, 4) is 0 Å². The Morgan fingerprint density at radius 1 is 0.404 bits per heavy atom. The second-order valence-electron chi connectivity index (χ2n) is 15.0. The number of carbonyl (C=O) groups excluding carboxylic acids is 1. The quantitative estimate of drug-likeness (QED) is 0.0481. The molecule has 0 aliphatic rings. The van der Waals surface area contributed by atoms with Gasteiger partial charge in [0, 0.05) is 18.4 Å². The fraction of sp³-hybridized carbons (Fsp3) is 0.977. The first-order chi connectivity index (χ1) is 22.7. The third kappa shape index (κ3) is 39.1. The van der Waals surface area contributed by atoms with E-state index in [1.54, 1.807) is 0 Å². The van der Waals surface area contributed by atoms with Gasteiger partial charge in [-0.2, -0.15) is 0 Å². The zero-order chi connectivity index (χ0) is 33.6. The molecule has 4 heteroatoms. The molecule has 1 unspecified atom stereocenters. The van der Waals surface area contributed by atoms with Gasteiger partial charge < -0.3 is 14.8 Å². The number of unbranched alkanes of at least 4 members (excludes halogenated alkanes) is 32. The number of carbonyl (C=O) groups is 1. The number of hydrogen-bond donors (Lipinski definition) is 0. The van der Waals surface area contributed by atoms with E-state index in [0.29, 0.717) is 0 Å². The van der Waals surface area contributed by atoms with Gasteiger partial charge in [0.25, 0.3) is 0 Å². The molecule has 0 saturated carbocycles. The van der Waals surface area contributed by atoms with E-state index >= 15 is 0 Å². The summed E-state index contributed by atoms with van der Waals surface area (Å²) in [6, 6.07) is 0.145. The largest absolute Gasteiger partial charge is 1.00 e. The van der Waals surface area contributed by atoms with Gasteiger partial charge in [-0.3, -0.25) is 0 Å². The van der Waals surface area contributed by atoms with Crippen LogP contribution in [0, 0.1) is 0 Å². The Kier molecular flexibility index (Phi) is 44.9. The third-order valence-corrected chi connectivity index (χ3v) is 10.5. The van der Waals surface area contributed by atoms with Crippen LogP contribution in [-0.4, -0.2) is 30.0 Å². The molecule has 0 aliphatic heterocycles. The predicted molar refractivity (Wildman–Crippen MR) is 204 cm³/mol. The van der Waals surface area contributed by atoms with Gasteiger partial charge in [-0.1, -0.05) is 226 Å². The SMILES string of the molecule is CCCCCCCCCCCCCCCCCCCN(CCCCCCCCCCCCCCCCCCC)C(CC)CC(=O)[O-].[Na+]. The van der Waals surface area contributed by atoms with Crippen LogP contribution in [0.15, 0.2) is 0 Å². The van der Waals surface area contributed by atoms with Gasteiger partial charge in [0.2, 0.25) is 0 Å². The van der Waals surface area contributed by atoms with Crippen LogP contribution in [0.5, 0.6) is 0 Å². The van der Waals surface area contributed by atoms with Crippen LogP contribution in [0.3, 0.4) is 0 Å². The molecule has 0 bridgehead atoms. The van der Waals surface area contributed by atoms with Crippen molar-refractivity contribution in [2.45, 2.75) is 258 Å². The molecule has 0 aromatic rings. The standard InChI is InChI=1S/C43H87NO2.Na/c1-4-7-9-11-13-15-17-19-21-23-25-27-29-31-33-35-37-39-44(42(6-3)41-43(45)46)40-38-36-34-32-30-28-26-24-22-20-18-16-14-12-10-8-5-2;/h42H,4-41H2,1-3H3,(H,45,46);/q;+1/p-1. The summed E-state index contributed by atoms with van der Waals surface area (Å²) in [6.07, 6.45) is 48.6. The van der Waals surface area contributed by atoms with E-state index in [1.165, 1.54) is 218 Å². The number of nitrogens with zero attached hydrogens (tertiary/aromatic N) is 1. The Hall–Kier alpha value is 0.430. The Morgan fingerprint density at radius 2 is 0.617 bits per heavy atom. The molecule has 47 heavy (non-hydrogen) atoms. The van der Waals surface area contributed by atoms with Gasteiger partial charge in [-0.25, -0.2) is 0 Å². The second kappa shape index (κ2) is 42.6. The van der Waals surface area contributed by atoms with E-state index in [-0.39, 0.29) is 42.0 Å². The minimum absolute atomic E-state index is 0. The van der Waals surface area contributed by atoms with Crippen molar-refractivity contribution in [3.63, 3.8) is 0 Å². The summed E-state index contributed by atoms with van der Waals surface area (Å²) in [5, 5.41) is 11.4. The summed E-state index contributed by atoms with van der Waals surface area (Å²) in [4.78, 5) is 13.9. The fourth-order valence-corrected chi connectivity index (χ4v) is 7.28. The molecule has 0 radical (unpaired) electrons. The first-order valence-electron chi connectivity index (χ1n) is 21.6. The Bertz CT molecular complexity index is 548.